The average Bonchev–Trinajstić information content (AvgIpc) is 2.90. The summed E-state index contributed by atoms with van der Waals surface area (Å²) in [6.45, 7) is 1.99. The van der Waals surface area contributed by atoms with E-state index >= 15 is 0 Å². The Morgan fingerprint density at radius 1 is 1.05 bits per heavy atom. The molecule has 0 atom stereocenters. The van der Waals surface area contributed by atoms with E-state index < -0.39 is 5.97 Å². The van der Waals surface area contributed by atoms with Crippen LogP contribution < -0.4 is 0 Å². The van der Waals surface area contributed by atoms with Gasteiger partial charge in [0.2, 0.25) is 5.90 Å². The van der Waals surface area contributed by atoms with Gasteiger partial charge in [0, 0.05) is 5.56 Å². The van der Waals surface area contributed by atoms with E-state index in [1.807, 2.05) is 67.6 Å². The van der Waals surface area contributed by atoms with E-state index in [9.17, 15) is 4.79 Å². The molecule has 0 aliphatic carbocycles. The van der Waals surface area contributed by atoms with E-state index in [2.05, 4.69) is 4.99 Å². The highest BCUT2D eigenvalue weighted by molar-refractivity contribution is 6.11. The van der Waals surface area contributed by atoms with Crippen molar-refractivity contribution >= 4 is 17.9 Å². The number of allylic oxidation sites excluding steroid dienone is 2. The minimum Gasteiger partial charge on any atom is -0.402 e. The molecule has 0 saturated carbocycles. The standard InChI is InChI=1S/C19H15NO2/c1-14-7-5-11-16(13-14)18-20-17(19(21)22-18)12-6-10-15-8-3-2-4-9-15/h2-13H,1H3/b10-6-,17-12+. The topological polar surface area (TPSA) is 38.7 Å². The molecule has 0 spiro atoms. The maximum absolute atomic E-state index is 11.8. The molecule has 3 nitrogen and oxygen atoms in total. The second-order valence-electron chi connectivity index (χ2n) is 5.00. The Kier molecular flexibility index (Phi) is 3.97. The van der Waals surface area contributed by atoms with E-state index in [1.165, 1.54) is 0 Å². The van der Waals surface area contributed by atoms with Crippen molar-refractivity contribution in [3.05, 3.63) is 89.1 Å². The molecule has 0 bridgehead atoms. The molecule has 0 fully saturated rings. The highest BCUT2D eigenvalue weighted by Gasteiger charge is 2.23. The lowest BCUT2D eigenvalue weighted by Gasteiger charge is -1.99. The van der Waals surface area contributed by atoms with Crippen molar-refractivity contribution in [2.75, 3.05) is 0 Å². The molecule has 0 N–H and O–H groups in total. The van der Waals surface area contributed by atoms with Crippen molar-refractivity contribution in [2.45, 2.75) is 6.92 Å². The lowest BCUT2D eigenvalue weighted by atomic mass is 10.1. The third kappa shape index (κ3) is 3.20. The largest absolute Gasteiger partial charge is 0.402 e. The summed E-state index contributed by atoms with van der Waals surface area (Å²) < 4.78 is 5.23. The van der Waals surface area contributed by atoms with Crippen LogP contribution in [0.5, 0.6) is 0 Å². The maximum atomic E-state index is 11.8. The Labute approximate surface area is 129 Å². The number of carbonyl (C=O) groups excluding carboxylic acids is 1. The van der Waals surface area contributed by atoms with Gasteiger partial charge in [0.05, 0.1) is 0 Å². The lowest BCUT2D eigenvalue weighted by molar-refractivity contribution is -0.130. The predicted octanol–water partition coefficient (Wildman–Crippen LogP) is 3.90. The number of hydrogen-bond donors (Lipinski definition) is 0. The molecule has 1 aliphatic rings. The number of nitrogens with zero attached hydrogens (tertiary/aromatic N) is 1. The van der Waals surface area contributed by atoms with Crippen LogP contribution >= 0.6 is 0 Å². The highest BCUT2D eigenvalue weighted by atomic mass is 16.6. The number of ether oxygens (including phenoxy) is 1. The molecule has 0 saturated heterocycles. The van der Waals surface area contributed by atoms with Gasteiger partial charge in [-0.15, -0.1) is 0 Å². The summed E-state index contributed by atoms with van der Waals surface area (Å²) >= 11 is 0. The summed E-state index contributed by atoms with van der Waals surface area (Å²) in [4.78, 5) is 16.1. The Morgan fingerprint density at radius 3 is 2.64 bits per heavy atom. The number of benzene rings is 2. The van der Waals surface area contributed by atoms with Crippen LogP contribution in [0.25, 0.3) is 6.08 Å². The molecule has 2 aromatic rings. The van der Waals surface area contributed by atoms with Crippen LogP contribution in [0, 0.1) is 6.92 Å². The normalized spacial score (nSPS) is 16.1. The summed E-state index contributed by atoms with van der Waals surface area (Å²) in [6.07, 6.45) is 5.38. The molecule has 0 amide bonds. The quantitative estimate of drug-likeness (QED) is 0.635. The SMILES string of the molecule is Cc1cccc(C2=N/C(=C/C=C\c3ccccc3)C(=O)O2)c1. The Hall–Kier alpha value is -2.94. The van der Waals surface area contributed by atoms with Crippen molar-refractivity contribution in [3.63, 3.8) is 0 Å². The van der Waals surface area contributed by atoms with Crippen molar-refractivity contribution < 1.29 is 9.53 Å². The first-order chi connectivity index (χ1) is 10.7. The molecule has 22 heavy (non-hydrogen) atoms. The molecule has 0 aromatic heterocycles. The summed E-state index contributed by atoms with van der Waals surface area (Å²) in [7, 11) is 0. The summed E-state index contributed by atoms with van der Waals surface area (Å²) in [5, 5.41) is 0. The molecule has 1 aliphatic heterocycles. The number of esters is 1. The van der Waals surface area contributed by atoms with Gasteiger partial charge in [0.1, 0.15) is 0 Å². The molecular weight excluding hydrogens is 274 g/mol. The van der Waals surface area contributed by atoms with Gasteiger partial charge in [0.15, 0.2) is 5.70 Å². The molecule has 3 rings (SSSR count). The number of carbonyl (C=O) groups is 1. The fourth-order valence-corrected chi connectivity index (χ4v) is 2.14. The molecule has 0 radical (unpaired) electrons. The monoisotopic (exact) mass is 289 g/mol. The van der Waals surface area contributed by atoms with E-state index in [4.69, 9.17) is 4.74 Å². The summed E-state index contributed by atoms with van der Waals surface area (Å²) in [5.41, 5.74) is 3.28. The van der Waals surface area contributed by atoms with Crippen LogP contribution in [0.3, 0.4) is 0 Å². The highest BCUT2D eigenvalue weighted by Crippen LogP contribution is 2.17. The average molecular weight is 289 g/mol. The van der Waals surface area contributed by atoms with Crippen LogP contribution in [0.15, 0.2) is 77.4 Å². The van der Waals surface area contributed by atoms with Gasteiger partial charge in [-0.1, -0.05) is 60.2 Å². The number of hydrogen-bond acceptors (Lipinski definition) is 3. The summed E-state index contributed by atoms with van der Waals surface area (Å²) in [5.74, 6) is -0.0673. The fraction of sp³-hybridized carbons (Fsp3) is 0.0526. The minimum atomic E-state index is -0.422. The predicted molar refractivity (Wildman–Crippen MR) is 87.4 cm³/mol. The second-order valence-corrected chi connectivity index (χ2v) is 5.00. The van der Waals surface area contributed by atoms with Gasteiger partial charge in [-0.05, 0) is 30.7 Å². The molecule has 0 unspecified atom stereocenters. The number of cyclic esters (lactones) is 1. The van der Waals surface area contributed by atoms with Crippen LogP contribution in [0.1, 0.15) is 16.7 Å². The van der Waals surface area contributed by atoms with Crippen molar-refractivity contribution in [2.24, 2.45) is 4.99 Å². The van der Waals surface area contributed by atoms with Gasteiger partial charge in [-0.3, -0.25) is 0 Å². The van der Waals surface area contributed by atoms with E-state index in [1.54, 1.807) is 12.2 Å². The van der Waals surface area contributed by atoms with Crippen LogP contribution in [-0.4, -0.2) is 11.9 Å². The Morgan fingerprint density at radius 2 is 1.86 bits per heavy atom. The zero-order valence-corrected chi connectivity index (χ0v) is 12.2. The zero-order valence-electron chi connectivity index (χ0n) is 12.2. The maximum Gasteiger partial charge on any atom is 0.363 e. The first kappa shape index (κ1) is 14.0. The Bertz CT molecular complexity index is 786. The van der Waals surface area contributed by atoms with Gasteiger partial charge in [0.25, 0.3) is 0 Å². The van der Waals surface area contributed by atoms with E-state index in [0.29, 0.717) is 11.6 Å². The molecule has 108 valence electrons. The smallest absolute Gasteiger partial charge is 0.363 e. The van der Waals surface area contributed by atoms with E-state index in [-0.39, 0.29) is 0 Å². The van der Waals surface area contributed by atoms with Crippen LogP contribution in [0.2, 0.25) is 0 Å². The third-order valence-corrected chi connectivity index (χ3v) is 3.23. The first-order valence-electron chi connectivity index (χ1n) is 7.04. The number of aliphatic imine (C=N–C) groups is 1. The van der Waals surface area contributed by atoms with Crippen LogP contribution in [-0.2, 0) is 9.53 Å². The zero-order chi connectivity index (χ0) is 15.4. The molecule has 2 aromatic carbocycles. The fourth-order valence-electron chi connectivity index (χ4n) is 2.14. The molecular formula is C19H15NO2. The minimum absolute atomic E-state index is 0.309. The van der Waals surface area contributed by atoms with Gasteiger partial charge >= 0.3 is 5.97 Å². The van der Waals surface area contributed by atoms with Crippen molar-refractivity contribution in [1.29, 1.82) is 0 Å². The van der Waals surface area contributed by atoms with Gasteiger partial charge < -0.3 is 4.74 Å². The number of rotatable bonds is 3. The van der Waals surface area contributed by atoms with E-state index in [0.717, 1.165) is 16.7 Å². The second kappa shape index (κ2) is 6.22. The van der Waals surface area contributed by atoms with Crippen molar-refractivity contribution in [1.82, 2.24) is 0 Å². The lowest BCUT2D eigenvalue weighted by Crippen LogP contribution is -2.05. The third-order valence-electron chi connectivity index (χ3n) is 3.23. The molecule has 3 heteroatoms. The first-order valence-corrected chi connectivity index (χ1v) is 7.04. The number of aryl methyl sites for hydroxylation is 1. The van der Waals surface area contributed by atoms with Crippen molar-refractivity contribution in [3.8, 4) is 0 Å². The van der Waals surface area contributed by atoms with Crippen LogP contribution in [0.4, 0.5) is 0 Å². The van der Waals surface area contributed by atoms with Gasteiger partial charge in [-0.25, -0.2) is 9.79 Å². The van der Waals surface area contributed by atoms with Gasteiger partial charge in [-0.2, -0.15) is 0 Å². The molecule has 1 heterocycles. The Balaban J connectivity index is 1.81. The summed E-state index contributed by atoms with van der Waals surface area (Å²) in [6, 6.07) is 17.6.